The third-order valence-electron chi connectivity index (χ3n) is 9.52. The summed E-state index contributed by atoms with van der Waals surface area (Å²) in [6.45, 7) is 34.3. The number of amides is 2. The Hall–Kier alpha value is -4.30. The molecular formula is C48H64BrN3O4. The number of carbonyl (C=O) groups is 2. The van der Waals surface area contributed by atoms with E-state index in [1.54, 1.807) is 9.80 Å². The van der Waals surface area contributed by atoms with Crippen LogP contribution in [-0.4, -0.2) is 40.0 Å². The maximum absolute atomic E-state index is 12.7. The molecule has 8 heteroatoms. The Morgan fingerprint density at radius 2 is 0.964 bits per heavy atom. The molecule has 1 N–H and O–H groups in total. The first-order valence-electron chi connectivity index (χ1n) is 19.5. The van der Waals surface area contributed by atoms with Gasteiger partial charge in [-0.15, -0.1) is 0 Å². The van der Waals surface area contributed by atoms with E-state index < -0.39 is 22.3 Å². The average molecular weight is 827 g/mol. The molecular weight excluding hydrogens is 762 g/mol. The van der Waals surface area contributed by atoms with Gasteiger partial charge in [-0.25, -0.2) is 9.59 Å². The van der Waals surface area contributed by atoms with Crippen molar-refractivity contribution in [2.75, 3.05) is 15.1 Å². The van der Waals surface area contributed by atoms with Gasteiger partial charge in [0.05, 0.1) is 28.0 Å². The molecule has 0 spiro atoms. The van der Waals surface area contributed by atoms with Gasteiger partial charge in [-0.05, 0) is 177 Å². The summed E-state index contributed by atoms with van der Waals surface area (Å²) in [4.78, 5) is 28.8. The maximum Gasteiger partial charge on any atom is 0.415 e. The number of benzene rings is 3. The molecule has 3 aliphatic heterocycles. The van der Waals surface area contributed by atoms with E-state index >= 15 is 0 Å². The Morgan fingerprint density at radius 3 is 1.43 bits per heavy atom. The predicted octanol–water partition coefficient (Wildman–Crippen LogP) is 13.9. The molecule has 0 saturated heterocycles. The van der Waals surface area contributed by atoms with Gasteiger partial charge in [0.2, 0.25) is 0 Å². The molecule has 0 bridgehead atoms. The molecule has 0 aromatic heterocycles. The molecule has 7 nitrogen and oxygen atoms in total. The smallest absolute Gasteiger partial charge is 0.415 e. The molecule has 0 fully saturated rings. The zero-order valence-electron chi connectivity index (χ0n) is 36.8. The van der Waals surface area contributed by atoms with Crippen molar-refractivity contribution in [2.24, 2.45) is 0 Å². The highest BCUT2D eigenvalue weighted by Crippen LogP contribution is 2.42. The van der Waals surface area contributed by atoms with E-state index in [0.717, 1.165) is 32.5 Å². The summed E-state index contributed by atoms with van der Waals surface area (Å²) in [6.07, 6.45) is 5.89. The third-order valence-corrected chi connectivity index (χ3v) is 10.0. The SMILES string of the molecule is CC1=CC(C)(C)N(C(=O)OC(C)(C)C)c2ccc(Br)cc21.CC1=CC(C)(C)N(C(=O)OC(C)(C)C)c2ccc(C)cc21.CC1=CC(C)(C)Nc2ccc(C)cc21. The fourth-order valence-corrected chi connectivity index (χ4v) is 7.88. The Balaban J connectivity index is 0.000000190. The van der Waals surface area contributed by atoms with Crippen LogP contribution in [0.3, 0.4) is 0 Å². The second-order valence-electron chi connectivity index (χ2n) is 19.0. The Labute approximate surface area is 345 Å². The van der Waals surface area contributed by atoms with Gasteiger partial charge >= 0.3 is 12.2 Å². The number of rotatable bonds is 0. The molecule has 56 heavy (non-hydrogen) atoms. The highest BCUT2D eigenvalue weighted by molar-refractivity contribution is 9.10. The summed E-state index contributed by atoms with van der Waals surface area (Å²) in [7, 11) is 0. The summed E-state index contributed by atoms with van der Waals surface area (Å²) < 4.78 is 12.2. The Morgan fingerprint density at radius 1 is 0.571 bits per heavy atom. The number of ether oxygens (including phenoxy) is 2. The van der Waals surface area contributed by atoms with E-state index in [2.05, 4.69) is 112 Å². The highest BCUT2D eigenvalue weighted by atomic mass is 79.9. The lowest BCUT2D eigenvalue weighted by atomic mass is 9.88. The third kappa shape index (κ3) is 10.8. The molecule has 3 aromatic rings. The topological polar surface area (TPSA) is 71.1 Å². The summed E-state index contributed by atoms with van der Waals surface area (Å²) in [5, 5.41) is 3.52. The number of allylic oxidation sites excluding steroid dienone is 3. The van der Waals surface area contributed by atoms with E-state index in [4.69, 9.17) is 9.47 Å². The molecule has 6 rings (SSSR count). The lowest BCUT2D eigenvalue weighted by Crippen LogP contribution is -2.50. The number of nitrogens with zero attached hydrogens (tertiary/aromatic N) is 2. The molecule has 0 unspecified atom stereocenters. The molecule has 3 aliphatic rings. The van der Waals surface area contributed by atoms with Crippen molar-refractivity contribution in [3.05, 3.63) is 105 Å². The molecule has 3 heterocycles. The minimum atomic E-state index is -0.515. The summed E-state index contributed by atoms with van der Waals surface area (Å²) in [5.41, 5.74) is 11.0. The van der Waals surface area contributed by atoms with E-state index in [1.807, 2.05) is 99.6 Å². The van der Waals surface area contributed by atoms with Crippen molar-refractivity contribution in [3.8, 4) is 0 Å². The largest absolute Gasteiger partial charge is 0.443 e. The van der Waals surface area contributed by atoms with Gasteiger partial charge in [0.1, 0.15) is 11.2 Å². The van der Waals surface area contributed by atoms with Crippen LogP contribution in [-0.2, 0) is 9.47 Å². The summed E-state index contributed by atoms with van der Waals surface area (Å²) in [6, 6.07) is 18.7. The quantitative estimate of drug-likeness (QED) is 0.244. The Bertz CT molecular complexity index is 1980. The second kappa shape index (κ2) is 15.9. The number of aryl methyl sites for hydroxylation is 2. The van der Waals surface area contributed by atoms with Gasteiger partial charge in [-0.3, -0.25) is 9.80 Å². The van der Waals surface area contributed by atoms with Crippen molar-refractivity contribution in [1.29, 1.82) is 0 Å². The van der Waals surface area contributed by atoms with Crippen molar-refractivity contribution < 1.29 is 19.1 Å². The molecule has 2 amide bonds. The van der Waals surface area contributed by atoms with Crippen LogP contribution in [0.25, 0.3) is 16.7 Å². The number of hydrogen-bond donors (Lipinski definition) is 1. The van der Waals surface area contributed by atoms with Gasteiger partial charge in [0.15, 0.2) is 0 Å². The minimum absolute atomic E-state index is 0.0757. The van der Waals surface area contributed by atoms with Crippen molar-refractivity contribution >= 4 is 61.9 Å². The molecule has 3 aromatic carbocycles. The van der Waals surface area contributed by atoms with Crippen molar-refractivity contribution in [3.63, 3.8) is 0 Å². The van der Waals surface area contributed by atoms with Crippen LogP contribution in [0.1, 0.15) is 132 Å². The van der Waals surface area contributed by atoms with Gasteiger partial charge in [-0.2, -0.15) is 0 Å². The molecule has 0 saturated carbocycles. The number of hydrogen-bond acceptors (Lipinski definition) is 5. The fraction of sp³-hybridized carbons (Fsp3) is 0.458. The predicted molar refractivity (Wildman–Crippen MR) is 241 cm³/mol. The minimum Gasteiger partial charge on any atom is -0.443 e. The molecule has 302 valence electrons. The van der Waals surface area contributed by atoms with Gasteiger partial charge in [0, 0.05) is 26.9 Å². The van der Waals surface area contributed by atoms with E-state index in [-0.39, 0.29) is 17.7 Å². The van der Waals surface area contributed by atoms with Gasteiger partial charge in [0.25, 0.3) is 0 Å². The highest BCUT2D eigenvalue weighted by Gasteiger charge is 2.39. The standard InChI is InChI=1S/C18H25NO2.C17H22BrNO2.C13H17N/c1-12-8-9-15-14(10-12)13(2)11-18(6,7)19(15)16(20)21-17(3,4)5;1-11-10-17(5,6)19(15(20)21-16(2,3)4)14-8-7-12(18)9-13(11)14;1-9-5-6-12-11(7-9)10(2)8-13(3,4)14-12/h8-11H,1-7H3;7-10H,1-6H3;5-8,14H,1-4H3. The lowest BCUT2D eigenvalue weighted by Gasteiger charge is -2.41. The van der Waals surface area contributed by atoms with E-state index in [0.29, 0.717) is 0 Å². The first kappa shape index (κ1) is 44.4. The van der Waals surface area contributed by atoms with Gasteiger partial charge < -0.3 is 14.8 Å². The normalized spacial score (nSPS) is 17.4. The van der Waals surface area contributed by atoms with Crippen LogP contribution in [0, 0.1) is 13.8 Å². The number of anilines is 3. The number of halogens is 1. The van der Waals surface area contributed by atoms with Crippen molar-refractivity contribution in [1.82, 2.24) is 0 Å². The lowest BCUT2D eigenvalue weighted by molar-refractivity contribution is 0.0544. The zero-order valence-corrected chi connectivity index (χ0v) is 38.4. The average Bonchev–Trinajstić information content (AvgIpc) is 3.00. The van der Waals surface area contributed by atoms with Crippen molar-refractivity contribution in [2.45, 2.75) is 146 Å². The maximum atomic E-state index is 12.7. The van der Waals surface area contributed by atoms with E-state index in [1.165, 1.54) is 33.5 Å². The number of fused-ring (bicyclic) bond motifs is 3. The first-order chi connectivity index (χ1) is 25.5. The van der Waals surface area contributed by atoms with Crippen LogP contribution in [0.2, 0.25) is 0 Å². The van der Waals surface area contributed by atoms with Crippen LogP contribution in [0.5, 0.6) is 0 Å². The zero-order chi connectivity index (χ0) is 42.3. The van der Waals surface area contributed by atoms with Gasteiger partial charge in [-0.1, -0.05) is 57.4 Å². The number of carbonyl (C=O) groups excluding carboxylic acids is 2. The molecule has 0 atom stereocenters. The van der Waals surface area contributed by atoms with Crippen LogP contribution < -0.4 is 15.1 Å². The second-order valence-corrected chi connectivity index (χ2v) is 19.9. The van der Waals surface area contributed by atoms with Crippen LogP contribution >= 0.6 is 15.9 Å². The molecule has 0 radical (unpaired) electrons. The van der Waals surface area contributed by atoms with E-state index in [9.17, 15) is 9.59 Å². The summed E-state index contributed by atoms with van der Waals surface area (Å²) >= 11 is 3.49. The Kier molecular flexibility index (Phi) is 12.6. The fourth-order valence-electron chi connectivity index (χ4n) is 7.52. The summed E-state index contributed by atoms with van der Waals surface area (Å²) in [5.74, 6) is 0. The number of nitrogens with one attached hydrogen (secondary N) is 1. The first-order valence-corrected chi connectivity index (χ1v) is 20.2. The van der Waals surface area contributed by atoms with Crippen LogP contribution in [0.15, 0.2) is 77.3 Å². The molecule has 0 aliphatic carbocycles. The van der Waals surface area contributed by atoms with Crippen LogP contribution in [0.4, 0.5) is 26.7 Å². The monoisotopic (exact) mass is 825 g/mol.